The average molecular weight is 185 g/mol. The van der Waals surface area contributed by atoms with Gasteiger partial charge in [-0.1, -0.05) is 0 Å². The van der Waals surface area contributed by atoms with Crippen molar-refractivity contribution < 1.29 is 4.79 Å². The predicted octanol–water partition coefficient (Wildman–Crippen LogP) is -0.456. The highest BCUT2D eigenvalue weighted by atomic mass is 16.2. The van der Waals surface area contributed by atoms with Crippen molar-refractivity contribution in [3.63, 3.8) is 0 Å². The fourth-order valence-electron chi connectivity index (χ4n) is 1.58. The minimum Gasteiger partial charge on any atom is -0.353 e. The lowest BCUT2D eigenvalue weighted by molar-refractivity contribution is -0.122. The summed E-state index contributed by atoms with van der Waals surface area (Å²) in [6, 6.07) is 0.482. The Morgan fingerprint density at radius 2 is 2.38 bits per heavy atom. The first-order valence-electron chi connectivity index (χ1n) is 4.85. The van der Waals surface area contributed by atoms with E-state index >= 15 is 0 Å². The highest BCUT2D eigenvalue weighted by molar-refractivity contribution is 5.78. The van der Waals surface area contributed by atoms with Crippen molar-refractivity contribution in [3.8, 4) is 0 Å². The number of likely N-dealkylation sites (tertiary alicyclic amines) is 1. The largest absolute Gasteiger partial charge is 0.353 e. The van der Waals surface area contributed by atoms with Gasteiger partial charge in [0, 0.05) is 25.2 Å². The van der Waals surface area contributed by atoms with Gasteiger partial charge in [-0.25, -0.2) is 0 Å². The summed E-state index contributed by atoms with van der Waals surface area (Å²) in [4.78, 5) is 13.4. The van der Waals surface area contributed by atoms with E-state index < -0.39 is 0 Å². The summed E-state index contributed by atoms with van der Waals surface area (Å²) in [6.07, 6.45) is 1.01. The van der Waals surface area contributed by atoms with Crippen LogP contribution in [-0.4, -0.2) is 42.5 Å². The summed E-state index contributed by atoms with van der Waals surface area (Å²) in [7, 11) is 0. The summed E-state index contributed by atoms with van der Waals surface area (Å²) in [5.74, 6) is 0.101. The van der Waals surface area contributed by atoms with E-state index in [-0.39, 0.29) is 18.0 Å². The number of rotatable bonds is 3. The molecule has 1 saturated heterocycles. The van der Waals surface area contributed by atoms with Gasteiger partial charge in [-0.2, -0.15) is 0 Å². The van der Waals surface area contributed by atoms with Gasteiger partial charge in [0.1, 0.15) is 0 Å². The molecule has 1 rings (SSSR count). The molecule has 0 spiro atoms. The van der Waals surface area contributed by atoms with Gasteiger partial charge >= 0.3 is 0 Å². The molecule has 4 heteroatoms. The number of amides is 1. The second-order valence-electron chi connectivity index (χ2n) is 4.01. The first-order chi connectivity index (χ1) is 6.08. The van der Waals surface area contributed by atoms with Crippen molar-refractivity contribution in [1.29, 1.82) is 0 Å². The standard InChI is InChI=1S/C9H19N3O/c1-7(2)11-9(13)6-12-4-3-8(10)5-12/h7-8H,3-6,10H2,1-2H3,(H,11,13)/t8-/m0/s1. The zero-order valence-corrected chi connectivity index (χ0v) is 8.42. The molecule has 1 aliphatic rings. The van der Waals surface area contributed by atoms with Crippen LogP contribution in [0.3, 0.4) is 0 Å². The number of hydrogen-bond acceptors (Lipinski definition) is 3. The van der Waals surface area contributed by atoms with Crippen LogP contribution >= 0.6 is 0 Å². The van der Waals surface area contributed by atoms with Crippen molar-refractivity contribution in [2.45, 2.75) is 32.4 Å². The Morgan fingerprint density at radius 3 is 2.85 bits per heavy atom. The lowest BCUT2D eigenvalue weighted by Gasteiger charge is -2.15. The smallest absolute Gasteiger partial charge is 0.234 e. The van der Waals surface area contributed by atoms with Gasteiger partial charge in [-0.3, -0.25) is 9.69 Å². The number of nitrogens with one attached hydrogen (secondary N) is 1. The van der Waals surface area contributed by atoms with Gasteiger partial charge in [-0.05, 0) is 20.3 Å². The van der Waals surface area contributed by atoms with Crippen molar-refractivity contribution in [2.24, 2.45) is 5.73 Å². The molecule has 0 radical (unpaired) electrons. The van der Waals surface area contributed by atoms with Gasteiger partial charge in [0.2, 0.25) is 5.91 Å². The molecule has 1 amide bonds. The van der Waals surface area contributed by atoms with E-state index in [4.69, 9.17) is 5.73 Å². The molecule has 4 nitrogen and oxygen atoms in total. The summed E-state index contributed by atoms with van der Waals surface area (Å²) < 4.78 is 0. The minimum atomic E-state index is 0.101. The van der Waals surface area contributed by atoms with Gasteiger partial charge in [0.05, 0.1) is 6.54 Å². The van der Waals surface area contributed by atoms with Crippen LogP contribution in [0.2, 0.25) is 0 Å². The molecule has 0 bridgehead atoms. The molecule has 0 saturated carbocycles. The summed E-state index contributed by atoms with van der Waals surface area (Å²) in [6.45, 7) is 6.23. The molecule has 0 aromatic carbocycles. The van der Waals surface area contributed by atoms with E-state index in [1.165, 1.54) is 0 Å². The van der Waals surface area contributed by atoms with Crippen LogP contribution in [0.1, 0.15) is 20.3 Å². The normalized spacial score (nSPS) is 23.8. The maximum Gasteiger partial charge on any atom is 0.234 e. The first kappa shape index (κ1) is 10.5. The number of carbonyl (C=O) groups excluding carboxylic acids is 1. The monoisotopic (exact) mass is 185 g/mol. The minimum absolute atomic E-state index is 0.101. The Hall–Kier alpha value is -0.610. The Labute approximate surface area is 79.5 Å². The van der Waals surface area contributed by atoms with E-state index in [9.17, 15) is 4.79 Å². The van der Waals surface area contributed by atoms with Gasteiger partial charge in [-0.15, -0.1) is 0 Å². The number of nitrogens with zero attached hydrogens (tertiary/aromatic N) is 1. The molecular formula is C9H19N3O. The second kappa shape index (κ2) is 4.58. The molecule has 1 heterocycles. The van der Waals surface area contributed by atoms with E-state index in [1.54, 1.807) is 0 Å². The molecule has 0 aromatic heterocycles. The van der Waals surface area contributed by atoms with Crippen molar-refractivity contribution >= 4 is 5.91 Å². The van der Waals surface area contributed by atoms with Crippen molar-refractivity contribution in [3.05, 3.63) is 0 Å². The number of carbonyl (C=O) groups is 1. The molecule has 1 aliphatic heterocycles. The molecule has 0 unspecified atom stereocenters. The molecule has 1 atom stereocenters. The van der Waals surface area contributed by atoms with E-state index in [1.807, 2.05) is 13.8 Å². The zero-order valence-electron chi connectivity index (χ0n) is 8.42. The Morgan fingerprint density at radius 1 is 1.69 bits per heavy atom. The fourth-order valence-corrected chi connectivity index (χ4v) is 1.58. The number of hydrogen-bond donors (Lipinski definition) is 2. The molecule has 0 aliphatic carbocycles. The van der Waals surface area contributed by atoms with Gasteiger partial charge in [0.15, 0.2) is 0 Å². The lowest BCUT2D eigenvalue weighted by Crippen LogP contribution is -2.40. The van der Waals surface area contributed by atoms with E-state index in [2.05, 4.69) is 10.2 Å². The first-order valence-corrected chi connectivity index (χ1v) is 4.85. The van der Waals surface area contributed by atoms with Gasteiger partial charge < -0.3 is 11.1 Å². The molecule has 76 valence electrons. The van der Waals surface area contributed by atoms with Crippen LogP contribution in [0.15, 0.2) is 0 Å². The van der Waals surface area contributed by atoms with Gasteiger partial charge in [0.25, 0.3) is 0 Å². The summed E-state index contributed by atoms with van der Waals surface area (Å²) in [5.41, 5.74) is 5.73. The van der Waals surface area contributed by atoms with E-state index in [0.717, 1.165) is 19.5 Å². The third-order valence-corrected chi connectivity index (χ3v) is 2.13. The van der Waals surface area contributed by atoms with Crippen LogP contribution < -0.4 is 11.1 Å². The summed E-state index contributed by atoms with van der Waals surface area (Å²) in [5, 5.41) is 2.86. The second-order valence-corrected chi connectivity index (χ2v) is 4.01. The third kappa shape index (κ3) is 3.74. The fraction of sp³-hybridized carbons (Fsp3) is 0.889. The Kier molecular flexibility index (Phi) is 3.69. The SMILES string of the molecule is CC(C)NC(=O)CN1CC[C@H](N)C1. The maximum atomic E-state index is 11.3. The van der Waals surface area contributed by atoms with Crippen LogP contribution in [0.4, 0.5) is 0 Å². The van der Waals surface area contributed by atoms with E-state index in [0.29, 0.717) is 6.54 Å². The van der Waals surface area contributed by atoms with Crippen molar-refractivity contribution in [1.82, 2.24) is 10.2 Å². The molecule has 3 N–H and O–H groups in total. The zero-order chi connectivity index (χ0) is 9.84. The van der Waals surface area contributed by atoms with Crippen LogP contribution in [0, 0.1) is 0 Å². The maximum absolute atomic E-state index is 11.3. The average Bonchev–Trinajstić information content (AvgIpc) is 2.33. The topological polar surface area (TPSA) is 58.4 Å². The Bertz CT molecular complexity index is 182. The van der Waals surface area contributed by atoms with Crippen LogP contribution in [0.25, 0.3) is 0 Å². The quantitative estimate of drug-likeness (QED) is 0.626. The highest BCUT2D eigenvalue weighted by Gasteiger charge is 2.20. The van der Waals surface area contributed by atoms with Crippen molar-refractivity contribution in [2.75, 3.05) is 19.6 Å². The van der Waals surface area contributed by atoms with Crippen LogP contribution in [0.5, 0.6) is 0 Å². The third-order valence-electron chi connectivity index (χ3n) is 2.13. The molecule has 1 fully saturated rings. The summed E-state index contributed by atoms with van der Waals surface area (Å²) >= 11 is 0. The predicted molar refractivity (Wildman–Crippen MR) is 52.3 cm³/mol. The van der Waals surface area contributed by atoms with Crippen LogP contribution in [-0.2, 0) is 4.79 Å². The number of nitrogens with two attached hydrogens (primary N) is 1. The molecule has 13 heavy (non-hydrogen) atoms. The molecule has 0 aromatic rings. The molecular weight excluding hydrogens is 166 g/mol. The Balaban J connectivity index is 2.21. The highest BCUT2D eigenvalue weighted by Crippen LogP contribution is 2.05. The lowest BCUT2D eigenvalue weighted by atomic mass is 10.3.